The van der Waals surface area contributed by atoms with Crippen molar-refractivity contribution >= 4 is 33.7 Å². The van der Waals surface area contributed by atoms with E-state index in [1.165, 1.54) is 0 Å². The zero-order valence-electron chi connectivity index (χ0n) is 11.7. The van der Waals surface area contributed by atoms with Crippen LogP contribution in [0.5, 0.6) is 0 Å². The molecule has 0 aliphatic carbocycles. The number of esters is 1. The Bertz CT molecular complexity index is 592. The van der Waals surface area contributed by atoms with Crippen LogP contribution in [-0.2, 0) is 16.1 Å². The van der Waals surface area contributed by atoms with E-state index in [1.54, 1.807) is 18.0 Å². The van der Waals surface area contributed by atoms with Gasteiger partial charge in [0.25, 0.3) is 0 Å². The average molecular weight is 366 g/mol. The second-order valence-electron chi connectivity index (χ2n) is 4.60. The first kappa shape index (κ1) is 16.0. The van der Waals surface area contributed by atoms with Crippen molar-refractivity contribution in [2.45, 2.75) is 18.6 Å². The third-order valence-corrected chi connectivity index (χ3v) is 4.99. The van der Waals surface area contributed by atoms with E-state index >= 15 is 0 Å². The van der Waals surface area contributed by atoms with Crippen LogP contribution in [0.25, 0.3) is 0 Å². The molecule has 0 fully saturated rings. The minimum absolute atomic E-state index is 0.174. The largest absolute Gasteiger partial charge is 0.461 e. The van der Waals surface area contributed by atoms with Gasteiger partial charge in [-0.2, -0.15) is 0 Å². The number of carbonyl (C=O) groups is 1. The summed E-state index contributed by atoms with van der Waals surface area (Å²) in [5, 5.41) is 0.889. The number of nitrogens with zero attached hydrogens (tertiary/aromatic N) is 1. The van der Waals surface area contributed by atoms with Gasteiger partial charge in [-0.1, -0.05) is 37.3 Å². The summed E-state index contributed by atoms with van der Waals surface area (Å²) in [7, 11) is 0. The first-order valence-electron chi connectivity index (χ1n) is 6.60. The molecule has 2 aromatic rings. The van der Waals surface area contributed by atoms with E-state index in [9.17, 15) is 4.79 Å². The quantitative estimate of drug-likeness (QED) is 0.564. The van der Waals surface area contributed by atoms with Crippen LogP contribution >= 0.6 is 27.7 Å². The Morgan fingerprint density at radius 3 is 2.76 bits per heavy atom. The average Bonchev–Trinajstić information content (AvgIpc) is 2.52. The van der Waals surface area contributed by atoms with E-state index in [0.29, 0.717) is 12.4 Å². The van der Waals surface area contributed by atoms with Crippen molar-refractivity contribution in [2.24, 2.45) is 5.92 Å². The van der Waals surface area contributed by atoms with E-state index in [2.05, 4.69) is 20.9 Å². The van der Waals surface area contributed by atoms with Gasteiger partial charge in [-0.3, -0.25) is 4.79 Å². The van der Waals surface area contributed by atoms with Crippen molar-refractivity contribution in [3.05, 3.63) is 58.7 Å². The highest BCUT2D eigenvalue weighted by atomic mass is 79.9. The maximum absolute atomic E-state index is 12.0. The van der Waals surface area contributed by atoms with Crippen LogP contribution in [0.2, 0.25) is 0 Å². The summed E-state index contributed by atoms with van der Waals surface area (Å²) >= 11 is 4.99. The number of pyridine rings is 1. The van der Waals surface area contributed by atoms with Gasteiger partial charge in [0.2, 0.25) is 0 Å². The fraction of sp³-hybridized carbons (Fsp3) is 0.250. The molecule has 1 atom stereocenters. The molecule has 110 valence electrons. The molecule has 0 N–H and O–H groups in total. The van der Waals surface area contributed by atoms with E-state index in [4.69, 9.17) is 4.74 Å². The van der Waals surface area contributed by atoms with Gasteiger partial charge in [0.05, 0.1) is 5.92 Å². The van der Waals surface area contributed by atoms with Crippen LogP contribution in [0, 0.1) is 5.92 Å². The molecule has 0 radical (unpaired) electrons. The summed E-state index contributed by atoms with van der Waals surface area (Å²) in [5.74, 6) is 0.287. The normalized spacial score (nSPS) is 11.9. The van der Waals surface area contributed by atoms with Crippen LogP contribution in [0.4, 0.5) is 0 Å². The topological polar surface area (TPSA) is 39.2 Å². The number of hydrogen-bond donors (Lipinski definition) is 0. The van der Waals surface area contributed by atoms with Gasteiger partial charge in [-0.15, -0.1) is 11.8 Å². The molecular formula is C16H16BrNO2S. The molecule has 0 bridgehead atoms. The summed E-state index contributed by atoms with van der Waals surface area (Å²) in [6, 6.07) is 13.5. The lowest BCUT2D eigenvalue weighted by Gasteiger charge is -2.11. The Hall–Kier alpha value is -1.33. The van der Waals surface area contributed by atoms with Gasteiger partial charge in [0.1, 0.15) is 11.6 Å². The van der Waals surface area contributed by atoms with Crippen LogP contribution in [0.3, 0.4) is 0 Å². The number of rotatable bonds is 6. The van der Waals surface area contributed by atoms with Gasteiger partial charge in [-0.25, -0.2) is 4.98 Å². The number of thioether (sulfide) groups is 1. The first-order valence-corrected chi connectivity index (χ1v) is 8.38. The van der Waals surface area contributed by atoms with Crippen LogP contribution in [0.1, 0.15) is 12.5 Å². The van der Waals surface area contributed by atoms with Crippen LogP contribution < -0.4 is 0 Å². The molecule has 0 saturated carbocycles. The van der Waals surface area contributed by atoms with Gasteiger partial charge in [-0.05, 0) is 33.6 Å². The second kappa shape index (κ2) is 8.20. The lowest BCUT2D eigenvalue weighted by atomic mass is 10.2. The van der Waals surface area contributed by atoms with E-state index in [-0.39, 0.29) is 11.9 Å². The lowest BCUT2D eigenvalue weighted by Crippen LogP contribution is -2.16. The minimum atomic E-state index is -0.182. The lowest BCUT2D eigenvalue weighted by molar-refractivity contribution is -0.148. The molecule has 21 heavy (non-hydrogen) atoms. The molecule has 3 nitrogen and oxygen atoms in total. The summed E-state index contributed by atoms with van der Waals surface area (Å²) in [5.41, 5.74) is 0.998. The Balaban J connectivity index is 1.79. The fourth-order valence-electron chi connectivity index (χ4n) is 1.62. The van der Waals surface area contributed by atoms with Crippen molar-refractivity contribution in [1.29, 1.82) is 0 Å². The van der Waals surface area contributed by atoms with Crippen molar-refractivity contribution in [1.82, 2.24) is 4.98 Å². The molecule has 0 saturated heterocycles. The Labute approximate surface area is 137 Å². The molecule has 1 aromatic carbocycles. The smallest absolute Gasteiger partial charge is 0.309 e. The van der Waals surface area contributed by atoms with Crippen LogP contribution in [-0.4, -0.2) is 16.7 Å². The third kappa shape index (κ3) is 5.17. The molecule has 5 heteroatoms. The van der Waals surface area contributed by atoms with E-state index in [0.717, 1.165) is 15.1 Å². The summed E-state index contributed by atoms with van der Waals surface area (Å²) in [6.07, 6.45) is 1.74. The zero-order valence-corrected chi connectivity index (χ0v) is 14.1. The summed E-state index contributed by atoms with van der Waals surface area (Å²) in [6.45, 7) is 2.19. The number of hydrogen-bond acceptors (Lipinski definition) is 4. The molecule has 1 aromatic heterocycles. The second-order valence-corrected chi connectivity index (χ2v) is 6.46. The third-order valence-electron chi connectivity index (χ3n) is 2.82. The van der Waals surface area contributed by atoms with Crippen molar-refractivity contribution in [3.63, 3.8) is 0 Å². The SMILES string of the molecule is CC(CSc1ncccc1Br)C(=O)OCc1ccccc1. The fourth-order valence-corrected chi connectivity index (χ4v) is 3.10. The Morgan fingerprint density at radius 1 is 1.29 bits per heavy atom. The highest BCUT2D eigenvalue weighted by Crippen LogP contribution is 2.26. The predicted molar refractivity (Wildman–Crippen MR) is 88.1 cm³/mol. The van der Waals surface area contributed by atoms with Crippen LogP contribution in [0.15, 0.2) is 58.2 Å². The molecule has 0 amide bonds. The van der Waals surface area contributed by atoms with Crippen molar-refractivity contribution in [2.75, 3.05) is 5.75 Å². The molecule has 1 unspecified atom stereocenters. The molecule has 0 aliphatic rings. The zero-order chi connectivity index (χ0) is 15.1. The maximum Gasteiger partial charge on any atom is 0.309 e. The molecule has 0 spiro atoms. The standard InChI is InChI=1S/C16H16BrNO2S/c1-12(11-21-15-14(17)8-5-9-18-15)16(19)20-10-13-6-3-2-4-7-13/h2-9,12H,10-11H2,1H3. The molecular weight excluding hydrogens is 350 g/mol. The first-order chi connectivity index (χ1) is 10.2. The summed E-state index contributed by atoms with van der Waals surface area (Å²) in [4.78, 5) is 16.2. The number of halogens is 1. The number of carbonyl (C=O) groups excluding carboxylic acids is 1. The van der Waals surface area contributed by atoms with Gasteiger partial charge in [0.15, 0.2) is 0 Å². The highest BCUT2D eigenvalue weighted by Gasteiger charge is 2.16. The molecule has 0 aliphatic heterocycles. The van der Waals surface area contributed by atoms with Gasteiger partial charge < -0.3 is 4.74 Å². The van der Waals surface area contributed by atoms with E-state index in [1.807, 2.05) is 49.4 Å². The summed E-state index contributed by atoms with van der Waals surface area (Å²) < 4.78 is 6.27. The Kier molecular flexibility index (Phi) is 6.26. The Morgan fingerprint density at radius 2 is 2.05 bits per heavy atom. The molecule has 2 rings (SSSR count). The number of aromatic nitrogens is 1. The van der Waals surface area contributed by atoms with Gasteiger partial charge >= 0.3 is 5.97 Å². The maximum atomic E-state index is 12.0. The van der Waals surface area contributed by atoms with E-state index < -0.39 is 0 Å². The number of ether oxygens (including phenoxy) is 1. The highest BCUT2D eigenvalue weighted by molar-refractivity contribution is 9.10. The molecule has 1 heterocycles. The minimum Gasteiger partial charge on any atom is -0.461 e. The number of benzene rings is 1. The van der Waals surface area contributed by atoms with Crippen molar-refractivity contribution < 1.29 is 9.53 Å². The van der Waals surface area contributed by atoms with Crippen molar-refractivity contribution in [3.8, 4) is 0 Å². The van der Waals surface area contributed by atoms with Gasteiger partial charge in [0, 0.05) is 16.4 Å². The monoisotopic (exact) mass is 365 g/mol. The predicted octanol–water partition coefficient (Wildman–Crippen LogP) is 4.32.